The number of hydrogen-bond donors (Lipinski definition) is 1. The van der Waals surface area contributed by atoms with Gasteiger partial charge >= 0.3 is 12.2 Å². The minimum atomic E-state index is -4.53. The number of rotatable bonds is 2. The summed E-state index contributed by atoms with van der Waals surface area (Å²) >= 11 is 0. The molecule has 168 valence electrons. The van der Waals surface area contributed by atoms with Gasteiger partial charge < -0.3 is 15.1 Å². The molecule has 32 heavy (non-hydrogen) atoms. The third-order valence-corrected chi connectivity index (χ3v) is 6.14. The number of carbonyl (C=O) groups excluding carboxylic acids is 1. The first-order chi connectivity index (χ1) is 15.4. The molecule has 1 fully saturated rings. The van der Waals surface area contributed by atoms with E-state index in [4.69, 9.17) is 5.10 Å². The van der Waals surface area contributed by atoms with Crippen molar-refractivity contribution < 1.29 is 18.0 Å². The number of carbonyl (C=O) groups is 1. The second kappa shape index (κ2) is 7.99. The summed E-state index contributed by atoms with van der Waals surface area (Å²) in [4.78, 5) is 20.9. The molecule has 1 aliphatic carbocycles. The van der Waals surface area contributed by atoms with E-state index in [1.54, 1.807) is 6.20 Å². The Morgan fingerprint density at radius 3 is 2.56 bits per heavy atom. The number of amides is 2. The van der Waals surface area contributed by atoms with Crippen molar-refractivity contribution in [1.82, 2.24) is 19.5 Å². The molecule has 0 bridgehead atoms. The fraction of sp³-hybridized carbons (Fsp3) is 0.409. The van der Waals surface area contributed by atoms with Crippen LogP contribution >= 0.6 is 0 Å². The molecule has 0 spiro atoms. The van der Waals surface area contributed by atoms with E-state index in [0.29, 0.717) is 26.2 Å². The van der Waals surface area contributed by atoms with Crippen LogP contribution < -0.4 is 10.2 Å². The standard InChI is InChI=1S/C22H23F3N6O/c23-22(24,25)16-6-2-4-8-18(16)27-21(32)30-13-11-29(12-14-30)20-19-15-5-1-3-7-17(15)28-31(19)10-9-26-20/h2,4,6,8-10H,1,3,5,7,11-14H2,(H,27,32). The van der Waals surface area contributed by atoms with Gasteiger partial charge in [0, 0.05) is 44.1 Å². The molecule has 1 aromatic carbocycles. The summed E-state index contributed by atoms with van der Waals surface area (Å²) in [6.45, 7) is 1.86. The summed E-state index contributed by atoms with van der Waals surface area (Å²) in [5.41, 5.74) is 2.33. The molecule has 0 saturated carbocycles. The van der Waals surface area contributed by atoms with Crippen molar-refractivity contribution in [3.05, 3.63) is 53.5 Å². The van der Waals surface area contributed by atoms with E-state index in [0.717, 1.165) is 48.8 Å². The van der Waals surface area contributed by atoms with E-state index in [-0.39, 0.29) is 5.69 Å². The van der Waals surface area contributed by atoms with Crippen molar-refractivity contribution in [2.75, 3.05) is 36.4 Å². The highest BCUT2D eigenvalue weighted by molar-refractivity contribution is 5.90. The maximum atomic E-state index is 13.2. The summed E-state index contributed by atoms with van der Waals surface area (Å²) in [5.74, 6) is 0.852. The molecule has 2 amide bonds. The molecule has 1 saturated heterocycles. The zero-order chi connectivity index (χ0) is 22.3. The molecular weight excluding hydrogens is 421 g/mol. The van der Waals surface area contributed by atoms with Gasteiger partial charge in [0.2, 0.25) is 0 Å². The number of halogens is 3. The average Bonchev–Trinajstić information content (AvgIpc) is 3.18. The van der Waals surface area contributed by atoms with Crippen LogP contribution in [0, 0.1) is 0 Å². The summed E-state index contributed by atoms with van der Waals surface area (Å²) in [6, 6.07) is 4.48. The number of nitrogens with one attached hydrogen (secondary N) is 1. The maximum Gasteiger partial charge on any atom is 0.418 e. The van der Waals surface area contributed by atoms with Gasteiger partial charge in [-0.15, -0.1) is 0 Å². The van der Waals surface area contributed by atoms with Crippen molar-refractivity contribution in [2.45, 2.75) is 31.9 Å². The Morgan fingerprint density at radius 2 is 1.78 bits per heavy atom. The number of nitrogens with zero attached hydrogens (tertiary/aromatic N) is 5. The topological polar surface area (TPSA) is 65.8 Å². The highest BCUT2D eigenvalue weighted by atomic mass is 19.4. The van der Waals surface area contributed by atoms with E-state index >= 15 is 0 Å². The lowest BCUT2D eigenvalue weighted by molar-refractivity contribution is -0.136. The predicted molar refractivity (Wildman–Crippen MR) is 114 cm³/mol. The second-order valence-corrected chi connectivity index (χ2v) is 8.12. The number of piperazine rings is 1. The van der Waals surface area contributed by atoms with Crippen molar-refractivity contribution in [2.24, 2.45) is 0 Å². The molecule has 0 atom stereocenters. The molecule has 7 nitrogen and oxygen atoms in total. The third kappa shape index (κ3) is 3.74. The Balaban J connectivity index is 1.30. The minimum Gasteiger partial charge on any atom is -0.351 e. The molecule has 10 heteroatoms. The van der Waals surface area contributed by atoms with Crippen LogP contribution in [0.2, 0.25) is 0 Å². The molecule has 3 aromatic rings. The summed E-state index contributed by atoms with van der Waals surface area (Å²) < 4.78 is 41.5. The molecule has 5 rings (SSSR count). The van der Waals surface area contributed by atoms with E-state index in [1.165, 1.54) is 28.7 Å². The van der Waals surface area contributed by atoms with Gasteiger partial charge in [-0.25, -0.2) is 14.3 Å². The first kappa shape index (κ1) is 20.6. The van der Waals surface area contributed by atoms with Gasteiger partial charge in [0.25, 0.3) is 0 Å². The highest BCUT2D eigenvalue weighted by Crippen LogP contribution is 2.35. The van der Waals surface area contributed by atoms with Gasteiger partial charge in [0.15, 0.2) is 5.82 Å². The highest BCUT2D eigenvalue weighted by Gasteiger charge is 2.34. The molecule has 1 N–H and O–H groups in total. The molecule has 2 aromatic heterocycles. The normalized spacial score (nSPS) is 16.8. The Kier molecular flexibility index (Phi) is 5.15. The van der Waals surface area contributed by atoms with Crippen LogP contribution in [-0.4, -0.2) is 51.7 Å². The van der Waals surface area contributed by atoms with Crippen molar-refractivity contribution >= 4 is 23.1 Å². The number of fused-ring (bicyclic) bond motifs is 3. The van der Waals surface area contributed by atoms with Crippen LogP contribution in [0.25, 0.3) is 5.52 Å². The molecule has 1 aliphatic heterocycles. The number of aryl methyl sites for hydroxylation is 2. The van der Waals surface area contributed by atoms with E-state index in [1.807, 2.05) is 10.7 Å². The first-order valence-electron chi connectivity index (χ1n) is 10.7. The fourth-order valence-corrected chi connectivity index (χ4v) is 4.53. The summed E-state index contributed by atoms with van der Waals surface area (Å²) in [7, 11) is 0. The number of urea groups is 1. The molecule has 3 heterocycles. The largest absolute Gasteiger partial charge is 0.418 e. The second-order valence-electron chi connectivity index (χ2n) is 8.12. The van der Waals surface area contributed by atoms with Crippen molar-refractivity contribution in [3.63, 3.8) is 0 Å². The average molecular weight is 444 g/mol. The number of anilines is 2. The van der Waals surface area contributed by atoms with E-state index in [2.05, 4.69) is 15.2 Å². The van der Waals surface area contributed by atoms with Gasteiger partial charge in [-0.1, -0.05) is 12.1 Å². The zero-order valence-electron chi connectivity index (χ0n) is 17.4. The Bertz CT molecular complexity index is 1150. The van der Waals surface area contributed by atoms with Crippen LogP contribution in [0.15, 0.2) is 36.7 Å². The zero-order valence-corrected chi connectivity index (χ0v) is 17.4. The van der Waals surface area contributed by atoms with Crippen LogP contribution in [0.5, 0.6) is 0 Å². The lowest BCUT2D eigenvalue weighted by Gasteiger charge is -2.35. The van der Waals surface area contributed by atoms with Crippen molar-refractivity contribution in [1.29, 1.82) is 0 Å². The lowest BCUT2D eigenvalue weighted by atomic mass is 9.97. The molecule has 0 radical (unpaired) electrons. The van der Waals surface area contributed by atoms with Gasteiger partial charge in [0.05, 0.1) is 16.9 Å². The summed E-state index contributed by atoms with van der Waals surface area (Å²) in [5, 5.41) is 7.14. The maximum absolute atomic E-state index is 13.2. The lowest BCUT2D eigenvalue weighted by Crippen LogP contribution is -2.50. The number of aromatic nitrogens is 3. The first-order valence-corrected chi connectivity index (χ1v) is 10.7. The Hall–Kier alpha value is -3.30. The number of benzene rings is 1. The van der Waals surface area contributed by atoms with Crippen LogP contribution in [0.3, 0.4) is 0 Å². The predicted octanol–water partition coefficient (Wildman–Crippen LogP) is 3.98. The Morgan fingerprint density at radius 1 is 1.03 bits per heavy atom. The fourth-order valence-electron chi connectivity index (χ4n) is 4.53. The SMILES string of the molecule is O=C(Nc1ccccc1C(F)(F)F)N1CCN(c2nccn3nc4c(c23)CCCC4)CC1. The van der Waals surface area contributed by atoms with Gasteiger partial charge in [-0.3, -0.25) is 0 Å². The van der Waals surface area contributed by atoms with Gasteiger partial charge in [0.1, 0.15) is 5.52 Å². The van der Waals surface area contributed by atoms with Gasteiger partial charge in [-0.05, 0) is 37.8 Å². The molecule has 2 aliphatic rings. The Labute approximate surface area is 182 Å². The molecule has 0 unspecified atom stereocenters. The van der Waals surface area contributed by atoms with Gasteiger partial charge in [-0.2, -0.15) is 18.3 Å². The number of para-hydroxylation sites is 1. The van der Waals surface area contributed by atoms with Crippen LogP contribution in [0.1, 0.15) is 29.7 Å². The smallest absolute Gasteiger partial charge is 0.351 e. The number of hydrogen-bond acceptors (Lipinski definition) is 4. The van der Waals surface area contributed by atoms with Crippen LogP contribution in [-0.2, 0) is 19.0 Å². The van der Waals surface area contributed by atoms with E-state index in [9.17, 15) is 18.0 Å². The molecular formula is C22H23F3N6O. The quantitative estimate of drug-likeness (QED) is 0.650. The third-order valence-electron chi connectivity index (χ3n) is 6.14. The van der Waals surface area contributed by atoms with Crippen molar-refractivity contribution in [3.8, 4) is 0 Å². The minimum absolute atomic E-state index is 0.232. The number of alkyl halides is 3. The van der Waals surface area contributed by atoms with Crippen LogP contribution in [0.4, 0.5) is 29.5 Å². The van der Waals surface area contributed by atoms with E-state index < -0.39 is 17.8 Å². The monoisotopic (exact) mass is 444 g/mol. The summed E-state index contributed by atoms with van der Waals surface area (Å²) in [6.07, 6.45) is 3.30.